The molecular formula is C17H19NO2. The Hall–Kier alpha value is -2.29. The van der Waals surface area contributed by atoms with Gasteiger partial charge < -0.3 is 10.4 Å². The summed E-state index contributed by atoms with van der Waals surface area (Å²) in [4.78, 5) is 10.9. The summed E-state index contributed by atoms with van der Waals surface area (Å²) in [5.41, 5.74) is 5.37. The third kappa shape index (κ3) is 3.85. The zero-order valence-electron chi connectivity index (χ0n) is 11.8. The van der Waals surface area contributed by atoms with Crippen LogP contribution in [0.5, 0.6) is 0 Å². The first-order valence-electron chi connectivity index (χ1n) is 6.65. The Morgan fingerprint density at radius 3 is 2.25 bits per heavy atom. The van der Waals surface area contributed by atoms with E-state index in [1.807, 2.05) is 24.3 Å². The van der Waals surface area contributed by atoms with Gasteiger partial charge in [0.25, 0.3) is 0 Å². The molecule has 0 spiro atoms. The quantitative estimate of drug-likeness (QED) is 0.872. The average molecular weight is 269 g/mol. The first-order valence-corrected chi connectivity index (χ1v) is 6.65. The number of rotatable bonds is 5. The molecule has 2 aromatic rings. The molecule has 0 atom stereocenters. The van der Waals surface area contributed by atoms with Crippen LogP contribution < -0.4 is 5.32 Å². The van der Waals surface area contributed by atoms with Gasteiger partial charge >= 0.3 is 5.97 Å². The third-order valence-corrected chi connectivity index (χ3v) is 3.16. The maximum absolute atomic E-state index is 10.9. The molecule has 2 N–H and O–H groups in total. The lowest BCUT2D eigenvalue weighted by atomic mass is 10.0. The van der Waals surface area contributed by atoms with Crippen molar-refractivity contribution in [1.82, 2.24) is 0 Å². The van der Waals surface area contributed by atoms with Crippen LogP contribution in [-0.4, -0.2) is 11.1 Å². The number of carboxylic acids is 1. The lowest BCUT2D eigenvalue weighted by Crippen LogP contribution is -2.07. The topological polar surface area (TPSA) is 49.3 Å². The number of benzene rings is 2. The maximum atomic E-state index is 10.9. The van der Waals surface area contributed by atoms with Gasteiger partial charge in [0.05, 0.1) is 6.42 Å². The van der Waals surface area contributed by atoms with Gasteiger partial charge in [0, 0.05) is 12.2 Å². The fourth-order valence-corrected chi connectivity index (χ4v) is 2.34. The van der Waals surface area contributed by atoms with Gasteiger partial charge in [-0.3, -0.25) is 4.79 Å². The molecule has 2 aromatic carbocycles. The molecular weight excluding hydrogens is 250 g/mol. The maximum Gasteiger partial charge on any atom is 0.307 e. The molecule has 0 saturated carbocycles. The van der Waals surface area contributed by atoms with Crippen molar-refractivity contribution < 1.29 is 9.90 Å². The van der Waals surface area contributed by atoms with Crippen LogP contribution in [-0.2, 0) is 17.8 Å². The summed E-state index contributed by atoms with van der Waals surface area (Å²) in [5, 5.41) is 12.3. The van der Waals surface area contributed by atoms with Crippen LogP contribution in [0.4, 0.5) is 5.69 Å². The van der Waals surface area contributed by atoms with E-state index in [0.29, 0.717) is 6.54 Å². The Kier molecular flexibility index (Phi) is 4.41. The first kappa shape index (κ1) is 14.1. The Labute approximate surface area is 119 Å². The zero-order chi connectivity index (χ0) is 14.5. The monoisotopic (exact) mass is 269 g/mol. The fraction of sp³-hybridized carbons (Fsp3) is 0.235. The number of aliphatic carboxylic acids is 1. The molecule has 0 aliphatic rings. The summed E-state index contributed by atoms with van der Waals surface area (Å²) in [6.07, 6.45) is 0.0602. The van der Waals surface area contributed by atoms with Crippen molar-refractivity contribution in [3.8, 4) is 0 Å². The van der Waals surface area contributed by atoms with Crippen LogP contribution in [0.1, 0.15) is 22.3 Å². The predicted molar refractivity (Wildman–Crippen MR) is 81.0 cm³/mol. The zero-order valence-corrected chi connectivity index (χ0v) is 11.8. The van der Waals surface area contributed by atoms with Crippen molar-refractivity contribution in [1.29, 1.82) is 0 Å². The van der Waals surface area contributed by atoms with Gasteiger partial charge in [-0.05, 0) is 48.2 Å². The van der Waals surface area contributed by atoms with Gasteiger partial charge in [-0.2, -0.15) is 0 Å². The summed E-state index contributed by atoms with van der Waals surface area (Å²) in [6.45, 7) is 4.76. The first-order chi connectivity index (χ1) is 9.54. The predicted octanol–water partition coefficient (Wildman–Crippen LogP) is 3.54. The highest BCUT2D eigenvalue weighted by atomic mass is 16.4. The molecule has 0 aromatic heterocycles. The fourth-order valence-electron chi connectivity index (χ4n) is 2.34. The minimum atomic E-state index is -0.802. The lowest BCUT2D eigenvalue weighted by Gasteiger charge is -2.11. The number of nitrogens with one attached hydrogen (secondary N) is 1. The number of anilines is 1. The summed E-state index contributed by atoms with van der Waals surface area (Å²) >= 11 is 0. The molecule has 0 unspecified atom stereocenters. The SMILES string of the molecule is Cc1cc(C)cc(NCc2ccccc2CC(=O)O)c1. The van der Waals surface area contributed by atoms with E-state index in [2.05, 4.69) is 37.4 Å². The number of carboxylic acid groups (broad SMARTS) is 1. The standard InChI is InChI=1S/C17H19NO2/c1-12-7-13(2)9-16(8-12)18-11-15-6-4-3-5-14(15)10-17(19)20/h3-9,18H,10-11H2,1-2H3,(H,19,20). The van der Waals surface area contributed by atoms with Crippen LogP contribution in [0, 0.1) is 13.8 Å². The van der Waals surface area contributed by atoms with Crippen molar-refractivity contribution in [3.63, 3.8) is 0 Å². The second-order valence-electron chi connectivity index (χ2n) is 5.07. The van der Waals surface area contributed by atoms with Crippen molar-refractivity contribution >= 4 is 11.7 Å². The number of aryl methyl sites for hydroxylation is 2. The van der Waals surface area contributed by atoms with Gasteiger partial charge in [-0.1, -0.05) is 30.3 Å². The molecule has 2 rings (SSSR count). The summed E-state index contributed by atoms with van der Waals surface area (Å²) in [6, 6.07) is 14.0. The molecule has 0 saturated heterocycles. The van der Waals surface area contributed by atoms with Crippen LogP contribution >= 0.6 is 0 Å². The van der Waals surface area contributed by atoms with Crippen LogP contribution in [0.15, 0.2) is 42.5 Å². The molecule has 0 fully saturated rings. The highest BCUT2D eigenvalue weighted by Gasteiger charge is 2.06. The van der Waals surface area contributed by atoms with E-state index in [1.54, 1.807) is 0 Å². The largest absolute Gasteiger partial charge is 0.481 e. The van der Waals surface area contributed by atoms with Crippen molar-refractivity contribution in [2.45, 2.75) is 26.8 Å². The molecule has 20 heavy (non-hydrogen) atoms. The molecule has 0 aliphatic carbocycles. The summed E-state index contributed by atoms with van der Waals surface area (Å²) < 4.78 is 0. The minimum absolute atomic E-state index is 0.0602. The molecule has 0 heterocycles. The van der Waals surface area contributed by atoms with Crippen molar-refractivity contribution in [2.24, 2.45) is 0 Å². The van der Waals surface area contributed by atoms with E-state index in [1.165, 1.54) is 11.1 Å². The minimum Gasteiger partial charge on any atom is -0.481 e. The molecule has 3 heteroatoms. The van der Waals surface area contributed by atoms with E-state index < -0.39 is 5.97 Å². The second-order valence-corrected chi connectivity index (χ2v) is 5.07. The molecule has 0 aliphatic heterocycles. The third-order valence-electron chi connectivity index (χ3n) is 3.16. The Balaban J connectivity index is 2.12. The van der Waals surface area contributed by atoms with E-state index in [9.17, 15) is 4.79 Å². The Bertz CT molecular complexity index is 600. The molecule has 0 bridgehead atoms. The molecule has 0 radical (unpaired) electrons. The number of carbonyl (C=O) groups is 1. The van der Waals surface area contributed by atoms with E-state index in [4.69, 9.17) is 5.11 Å². The Morgan fingerprint density at radius 2 is 1.65 bits per heavy atom. The normalized spacial score (nSPS) is 10.3. The smallest absolute Gasteiger partial charge is 0.307 e. The van der Waals surface area contributed by atoms with Crippen LogP contribution in [0.25, 0.3) is 0 Å². The van der Waals surface area contributed by atoms with Gasteiger partial charge in [-0.15, -0.1) is 0 Å². The number of hydrogen-bond acceptors (Lipinski definition) is 2. The summed E-state index contributed by atoms with van der Waals surface area (Å²) in [5.74, 6) is -0.802. The highest BCUT2D eigenvalue weighted by molar-refractivity contribution is 5.70. The van der Waals surface area contributed by atoms with Gasteiger partial charge in [0.2, 0.25) is 0 Å². The van der Waals surface area contributed by atoms with Crippen molar-refractivity contribution in [2.75, 3.05) is 5.32 Å². The van der Waals surface area contributed by atoms with Gasteiger partial charge in [0.1, 0.15) is 0 Å². The van der Waals surface area contributed by atoms with E-state index >= 15 is 0 Å². The highest BCUT2D eigenvalue weighted by Crippen LogP contribution is 2.16. The van der Waals surface area contributed by atoms with Gasteiger partial charge in [0.15, 0.2) is 0 Å². The Morgan fingerprint density at radius 1 is 1.05 bits per heavy atom. The lowest BCUT2D eigenvalue weighted by molar-refractivity contribution is -0.136. The van der Waals surface area contributed by atoms with Crippen LogP contribution in [0.2, 0.25) is 0 Å². The molecule has 0 amide bonds. The average Bonchev–Trinajstić information content (AvgIpc) is 2.36. The molecule has 3 nitrogen and oxygen atoms in total. The van der Waals surface area contributed by atoms with Gasteiger partial charge in [-0.25, -0.2) is 0 Å². The summed E-state index contributed by atoms with van der Waals surface area (Å²) in [7, 11) is 0. The van der Waals surface area contributed by atoms with Crippen molar-refractivity contribution in [3.05, 3.63) is 64.7 Å². The van der Waals surface area contributed by atoms with E-state index in [-0.39, 0.29) is 6.42 Å². The van der Waals surface area contributed by atoms with E-state index in [0.717, 1.165) is 16.8 Å². The molecule has 104 valence electrons. The number of hydrogen-bond donors (Lipinski definition) is 2. The van der Waals surface area contributed by atoms with Crippen LogP contribution in [0.3, 0.4) is 0 Å². The second kappa shape index (κ2) is 6.24.